The van der Waals surface area contributed by atoms with Crippen molar-refractivity contribution < 1.29 is 9.50 Å². The van der Waals surface area contributed by atoms with E-state index in [-0.39, 0.29) is 10.2 Å². The Hall–Kier alpha value is -1.86. The first-order valence-electron chi connectivity index (χ1n) is 6.28. The number of phenolic OH excluding ortho intramolecular Hbond substituents is 1. The molecule has 0 saturated carbocycles. The van der Waals surface area contributed by atoms with E-state index in [2.05, 4.69) is 26.1 Å². The summed E-state index contributed by atoms with van der Waals surface area (Å²) in [6.45, 7) is 0. The summed E-state index contributed by atoms with van der Waals surface area (Å²) in [4.78, 5) is 0. The van der Waals surface area contributed by atoms with E-state index >= 15 is 0 Å². The van der Waals surface area contributed by atoms with E-state index in [0.29, 0.717) is 16.5 Å². The highest BCUT2D eigenvalue weighted by Gasteiger charge is 2.08. The maximum atomic E-state index is 13.2. The summed E-state index contributed by atoms with van der Waals surface area (Å²) in [6, 6.07) is 12.5. The summed E-state index contributed by atoms with van der Waals surface area (Å²) in [6.07, 6.45) is 1.31. The maximum absolute atomic E-state index is 13.2. The second-order valence-corrected chi connectivity index (χ2v) is 6.04. The lowest BCUT2D eigenvalue weighted by Crippen LogP contribution is -2.06. The van der Waals surface area contributed by atoms with Crippen molar-refractivity contribution in [1.29, 1.82) is 0 Å². The molecule has 2 aromatic carbocycles. The van der Waals surface area contributed by atoms with Gasteiger partial charge in [0.2, 0.25) is 0 Å². The van der Waals surface area contributed by atoms with Gasteiger partial charge in [-0.1, -0.05) is 42.1 Å². The van der Waals surface area contributed by atoms with Gasteiger partial charge in [-0.15, -0.1) is 5.10 Å². The third-order valence-corrected chi connectivity index (χ3v) is 4.29. The number of hydrogen-bond donors (Lipinski definition) is 2. The topological polar surface area (TPSA) is 71.0 Å². The van der Waals surface area contributed by atoms with E-state index in [0.717, 1.165) is 5.56 Å². The predicted octanol–water partition coefficient (Wildman–Crippen LogP) is 3.88. The minimum absolute atomic E-state index is 0.00754. The zero-order chi connectivity index (χ0) is 15.9. The number of benzene rings is 2. The Morgan fingerprint density at radius 2 is 2.00 bits per heavy atom. The SMILES string of the molecule is NC(=NN=Cc1ccc(F)c(Br)c1O)SCc1ccccc1. The van der Waals surface area contributed by atoms with Crippen molar-refractivity contribution in [1.82, 2.24) is 0 Å². The fraction of sp³-hybridized carbons (Fsp3) is 0.0667. The van der Waals surface area contributed by atoms with Gasteiger partial charge < -0.3 is 10.8 Å². The van der Waals surface area contributed by atoms with Gasteiger partial charge in [0.1, 0.15) is 11.6 Å². The lowest BCUT2D eigenvalue weighted by Gasteiger charge is -2.01. The van der Waals surface area contributed by atoms with Crippen LogP contribution in [0.3, 0.4) is 0 Å². The van der Waals surface area contributed by atoms with Crippen molar-refractivity contribution in [3.63, 3.8) is 0 Å². The molecular weight excluding hydrogens is 369 g/mol. The van der Waals surface area contributed by atoms with Crippen molar-refractivity contribution >= 4 is 39.1 Å². The van der Waals surface area contributed by atoms with Crippen molar-refractivity contribution in [3.8, 4) is 5.75 Å². The normalized spacial score (nSPS) is 12.0. The van der Waals surface area contributed by atoms with Crippen LogP contribution in [0.25, 0.3) is 0 Å². The third kappa shape index (κ3) is 4.57. The number of amidine groups is 1. The Kier molecular flexibility index (Phi) is 5.97. The quantitative estimate of drug-likeness (QED) is 0.479. The molecule has 0 atom stereocenters. The van der Waals surface area contributed by atoms with Crippen LogP contribution in [0, 0.1) is 5.82 Å². The molecule has 0 unspecified atom stereocenters. The highest BCUT2D eigenvalue weighted by Crippen LogP contribution is 2.29. The fourth-order valence-electron chi connectivity index (χ4n) is 1.57. The van der Waals surface area contributed by atoms with Gasteiger partial charge in [0.15, 0.2) is 5.17 Å². The molecule has 4 nitrogen and oxygen atoms in total. The molecule has 0 fully saturated rings. The van der Waals surface area contributed by atoms with Crippen molar-refractivity contribution in [2.24, 2.45) is 15.9 Å². The zero-order valence-electron chi connectivity index (χ0n) is 11.4. The second kappa shape index (κ2) is 7.95. The van der Waals surface area contributed by atoms with Crippen LogP contribution in [0.1, 0.15) is 11.1 Å². The van der Waals surface area contributed by atoms with Crippen LogP contribution in [0.5, 0.6) is 5.75 Å². The Bertz CT molecular complexity index is 707. The number of halogens is 2. The standard InChI is InChI=1S/C15H13BrFN3OS/c16-13-12(17)7-6-11(14(13)21)8-19-20-15(18)22-9-10-4-2-1-3-5-10/h1-8,21H,9H2,(H2,18,20). The zero-order valence-corrected chi connectivity index (χ0v) is 13.8. The molecule has 0 aliphatic carbocycles. The Balaban J connectivity index is 1.97. The van der Waals surface area contributed by atoms with Gasteiger partial charge in [0, 0.05) is 11.3 Å². The molecule has 2 rings (SSSR count). The average molecular weight is 382 g/mol. The Morgan fingerprint density at radius 3 is 2.73 bits per heavy atom. The molecule has 0 amide bonds. The van der Waals surface area contributed by atoms with Crippen LogP contribution >= 0.6 is 27.7 Å². The van der Waals surface area contributed by atoms with E-state index in [1.807, 2.05) is 30.3 Å². The summed E-state index contributed by atoms with van der Waals surface area (Å²) >= 11 is 4.31. The number of nitrogens with two attached hydrogens (primary N) is 1. The van der Waals surface area contributed by atoms with Gasteiger partial charge in [0.05, 0.1) is 10.7 Å². The Labute approximate surface area is 140 Å². The number of rotatable bonds is 4. The molecule has 0 aromatic heterocycles. The third-order valence-electron chi connectivity index (χ3n) is 2.68. The molecule has 2 aromatic rings. The summed E-state index contributed by atoms with van der Waals surface area (Å²) in [7, 11) is 0. The minimum Gasteiger partial charge on any atom is -0.506 e. The van der Waals surface area contributed by atoms with Crippen LogP contribution in [0.15, 0.2) is 57.1 Å². The molecule has 3 N–H and O–H groups in total. The number of phenols is 1. The average Bonchev–Trinajstić information content (AvgIpc) is 2.54. The summed E-state index contributed by atoms with van der Waals surface area (Å²) in [5.41, 5.74) is 7.22. The number of nitrogens with zero attached hydrogens (tertiary/aromatic N) is 2. The van der Waals surface area contributed by atoms with Crippen LogP contribution in [-0.4, -0.2) is 16.5 Å². The molecule has 0 aliphatic rings. The maximum Gasteiger partial charge on any atom is 0.180 e. The van der Waals surface area contributed by atoms with Gasteiger partial charge in [-0.2, -0.15) is 5.10 Å². The van der Waals surface area contributed by atoms with E-state index in [1.54, 1.807) is 0 Å². The molecule has 22 heavy (non-hydrogen) atoms. The number of aromatic hydroxyl groups is 1. The first-order valence-corrected chi connectivity index (χ1v) is 8.06. The molecule has 114 valence electrons. The van der Waals surface area contributed by atoms with E-state index in [9.17, 15) is 9.50 Å². The molecule has 0 aliphatic heterocycles. The highest BCUT2D eigenvalue weighted by atomic mass is 79.9. The fourth-order valence-corrected chi connectivity index (χ4v) is 2.54. The largest absolute Gasteiger partial charge is 0.506 e. The Morgan fingerprint density at radius 1 is 1.27 bits per heavy atom. The van der Waals surface area contributed by atoms with Gasteiger partial charge in [-0.05, 0) is 33.6 Å². The molecule has 0 bridgehead atoms. The molecule has 0 saturated heterocycles. The highest BCUT2D eigenvalue weighted by molar-refractivity contribution is 9.10. The smallest absolute Gasteiger partial charge is 0.180 e. The van der Waals surface area contributed by atoms with Crippen molar-refractivity contribution in [2.75, 3.05) is 0 Å². The van der Waals surface area contributed by atoms with E-state index < -0.39 is 5.82 Å². The van der Waals surface area contributed by atoms with Crippen LogP contribution in [0.2, 0.25) is 0 Å². The van der Waals surface area contributed by atoms with Crippen molar-refractivity contribution in [3.05, 3.63) is 63.9 Å². The van der Waals surface area contributed by atoms with E-state index in [1.165, 1.54) is 30.1 Å². The number of thioether (sulfide) groups is 1. The first kappa shape index (κ1) is 16.5. The van der Waals surface area contributed by atoms with Crippen LogP contribution < -0.4 is 5.73 Å². The van der Waals surface area contributed by atoms with Gasteiger partial charge in [-0.25, -0.2) is 4.39 Å². The monoisotopic (exact) mass is 381 g/mol. The molecule has 0 spiro atoms. The second-order valence-electron chi connectivity index (χ2n) is 4.26. The van der Waals surface area contributed by atoms with Gasteiger partial charge >= 0.3 is 0 Å². The number of hydrogen-bond acceptors (Lipinski definition) is 4. The molecule has 0 heterocycles. The summed E-state index contributed by atoms with van der Waals surface area (Å²) in [5, 5.41) is 17.7. The first-order chi connectivity index (χ1) is 10.6. The van der Waals surface area contributed by atoms with Gasteiger partial charge in [0.25, 0.3) is 0 Å². The molecule has 0 radical (unpaired) electrons. The summed E-state index contributed by atoms with van der Waals surface area (Å²) < 4.78 is 13.2. The lowest BCUT2D eigenvalue weighted by molar-refractivity contribution is 0.463. The van der Waals surface area contributed by atoms with Crippen molar-refractivity contribution in [2.45, 2.75) is 5.75 Å². The molecular formula is C15H13BrFN3OS. The summed E-state index contributed by atoms with van der Waals surface area (Å²) in [5.74, 6) is -0.0792. The van der Waals surface area contributed by atoms with Crippen LogP contribution in [-0.2, 0) is 5.75 Å². The van der Waals surface area contributed by atoms with Crippen LogP contribution in [0.4, 0.5) is 4.39 Å². The predicted molar refractivity (Wildman–Crippen MR) is 92.7 cm³/mol. The van der Waals surface area contributed by atoms with E-state index in [4.69, 9.17) is 5.73 Å². The molecule has 7 heteroatoms. The van der Waals surface area contributed by atoms with Gasteiger partial charge in [-0.3, -0.25) is 0 Å². The minimum atomic E-state index is -0.545. The lowest BCUT2D eigenvalue weighted by atomic mass is 10.2.